The van der Waals surface area contributed by atoms with Gasteiger partial charge in [0.05, 0.1) is 24.8 Å². The van der Waals surface area contributed by atoms with E-state index in [-0.39, 0.29) is 5.91 Å². The van der Waals surface area contributed by atoms with Crippen LogP contribution in [0.5, 0.6) is 11.5 Å². The minimum Gasteiger partial charge on any atom is -0.497 e. The summed E-state index contributed by atoms with van der Waals surface area (Å²) >= 11 is 0. The van der Waals surface area contributed by atoms with E-state index in [1.807, 2.05) is 49.4 Å². The van der Waals surface area contributed by atoms with Crippen LogP contribution in [0.25, 0.3) is 11.0 Å². The Labute approximate surface area is 178 Å². The highest BCUT2D eigenvalue weighted by Crippen LogP contribution is 2.20. The monoisotopic (exact) mass is 409 g/mol. The summed E-state index contributed by atoms with van der Waals surface area (Å²) in [6.45, 7) is 4.15. The molecule has 0 bridgehead atoms. The summed E-state index contributed by atoms with van der Waals surface area (Å²) < 4.78 is 13.3. The highest BCUT2D eigenvalue weighted by molar-refractivity contribution is 5.76. The zero-order valence-electron chi connectivity index (χ0n) is 17.9. The second kappa shape index (κ2) is 11.2. The normalized spacial score (nSPS) is 10.9. The largest absolute Gasteiger partial charge is 0.497 e. The number of methoxy groups -OCH3 is 1. The van der Waals surface area contributed by atoms with Crippen molar-refractivity contribution in [3.8, 4) is 11.5 Å². The van der Waals surface area contributed by atoms with Gasteiger partial charge in [-0.1, -0.05) is 25.1 Å². The molecule has 2 aromatic carbocycles. The van der Waals surface area contributed by atoms with Crippen molar-refractivity contribution in [2.75, 3.05) is 20.3 Å². The molecule has 0 aliphatic heterocycles. The van der Waals surface area contributed by atoms with Crippen LogP contribution in [-0.2, 0) is 17.8 Å². The van der Waals surface area contributed by atoms with Crippen LogP contribution in [0.15, 0.2) is 48.5 Å². The molecule has 0 aliphatic carbocycles. The van der Waals surface area contributed by atoms with Crippen molar-refractivity contribution in [3.05, 3.63) is 54.4 Å². The van der Waals surface area contributed by atoms with Crippen molar-refractivity contribution in [1.29, 1.82) is 0 Å². The number of carbonyl (C=O) groups is 1. The lowest BCUT2D eigenvalue weighted by Gasteiger charge is -2.11. The molecule has 160 valence electrons. The molecule has 0 saturated heterocycles. The van der Waals surface area contributed by atoms with Crippen LogP contribution in [0.4, 0.5) is 0 Å². The van der Waals surface area contributed by atoms with E-state index in [0.717, 1.165) is 60.6 Å². The molecule has 6 nitrogen and oxygen atoms in total. The summed E-state index contributed by atoms with van der Waals surface area (Å²) in [5.74, 6) is 2.75. The van der Waals surface area contributed by atoms with Crippen LogP contribution in [0.3, 0.4) is 0 Å². The van der Waals surface area contributed by atoms with E-state index in [9.17, 15) is 4.79 Å². The van der Waals surface area contributed by atoms with Crippen LogP contribution >= 0.6 is 0 Å². The lowest BCUT2D eigenvalue weighted by Crippen LogP contribution is -2.26. The third-order valence-electron chi connectivity index (χ3n) is 4.97. The average Bonchev–Trinajstić information content (AvgIpc) is 3.11. The van der Waals surface area contributed by atoms with Gasteiger partial charge in [-0.3, -0.25) is 4.79 Å². The molecular formula is C24H31N3O3. The number of amides is 1. The molecule has 6 heteroatoms. The summed E-state index contributed by atoms with van der Waals surface area (Å²) in [5, 5.41) is 2.99. The highest BCUT2D eigenvalue weighted by atomic mass is 16.5. The maximum atomic E-state index is 11.7. The quantitative estimate of drug-likeness (QED) is 0.451. The fraction of sp³-hybridized carbons (Fsp3) is 0.417. The second-order valence-corrected chi connectivity index (χ2v) is 7.25. The zero-order chi connectivity index (χ0) is 21.2. The maximum Gasteiger partial charge on any atom is 0.219 e. The number of nitrogens with zero attached hydrogens (tertiary/aromatic N) is 2. The molecule has 1 N–H and O–H groups in total. The van der Waals surface area contributed by atoms with E-state index in [4.69, 9.17) is 14.5 Å². The fourth-order valence-corrected chi connectivity index (χ4v) is 3.45. The number of imidazole rings is 1. The highest BCUT2D eigenvalue weighted by Gasteiger charge is 2.10. The van der Waals surface area contributed by atoms with Crippen LogP contribution < -0.4 is 14.8 Å². The van der Waals surface area contributed by atoms with Gasteiger partial charge in [-0.05, 0) is 43.5 Å². The Morgan fingerprint density at radius 1 is 1.10 bits per heavy atom. The summed E-state index contributed by atoms with van der Waals surface area (Å²) in [6.07, 6.45) is 4.09. The molecule has 3 rings (SSSR count). The molecule has 0 fully saturated rings. The number of ether oxygens (including phenoxy) is 2. The number of para-hydroxylation sites is 2. The molecule has 1 amide bonds. The topological polar surface area (TPSA) is 65.4 Å². The van der Waals surface area contributed by atoms with Gasteiger partial charge in [0.25, 0.3) is 0 Å². The third kappa shape index (κ3) is 5.99. The van der Waals surface area contributed by atoms with Gasteiger partial charge in [0, 0.05) is 32.0 Å². The first-order valence-corrected chi connectivity index (χ1v) is 10.7. The van der Waals surface area contributed by atoms with E-state index in [1.165, 1.54) is 0 Å². The van der Waals surface area contributed by atoms with Gasteiger partial charge in [0.2, 0.25) is 5.91 Å². The predicted octanol–water partition coefficient (Wildman–Crippen LogP) is 4.36. The molecule has 0 spiro atoms. The number of fused-ring (bicyclic) bond motifs is 1. The maximum absolute atomic E-state index is 11.7. The van der Waals surface area contributed by atoms with E-state index < -0.39 is 0 Å². The standard InChI is InChI=1S/C24H31N3O3/c1-3-9-24(28)25-15-14-23-26-21-12-4-5-13-22(21)27(23)16-6-7-17-30-20-11-8-10-19(18-20)29-2/h4-5,8,10-13,18H,3,6-7,9,14-17H2,1-2H3,(H,25,28). The minimum absolute atomic E-state index is 0.106. The molecule has 0 unspecified atom stereocenters. The van der Waals surface area contributed by atoms with Crippen LogP contribution in [0, 0.1) is 0 Å². The van der Waals surface area contributed by atoms with Crippen molar-refractivity contribution in [2.24, 2.45) is 0 Å². The first-order valence-electron chi connectivity index (χ1n) is 10.7. The van der Waals surface area contributed by atoms with Gasteiger partial charge in [0.1, 0.15) is 17.3 Å². The number of hydrogen-bond acceptors (Lipinski definition) is 4. The average molecular weight is 410 g/mol. The number of unbranched alkanes of at least 4 members (excludes halogenated alkanes) is 1. The Bertz CT molecular complexity index is 952. The van der Waals surface area contributed by atoms with E-state index in [1.54, 1.807) is 7.11 Å². The molecule has 30 heavy (non-hydrogen) atoms. The molecule has 0 radical (unpaired) electrons. The lowest BCUT2D eigenvalue weighted by molar-refractivity contribution is -0.121. The Morgan fingerprint density at radius 3 is 2.77 bits per heavy atom. The molecule has 3 aromatic rings. The Balaban J connectivity index is 1.54. The van der Waals surface area contributed by atoms with Gasteiger partial charge in [-0.25, -0.2) is 4.98 Å². The van der Waals surface area contributed by atoms with Crippen molar-refractivity contribution in [1.82, 2.24) is 14.9 Å². The summed E-state index contributed by atoms with van der Waals surface area (Å²) in [4.78, 5) is 16.5. The van der Waals surface area contributed by atoms with Gasteiger partial charge in [0.15, 0.2) is 0 Å². The summed E-state index contributed by atoms with van der Waals surface area (Å²) in [7, 11) is 1.65. The number of benzene rings is 2. The Morgan fingerprint density at radius 2 is 1.93 bits per heavy atom. The zero-order valence-corrected chi connectivity index (χ0v) is 17.9. The van der Waals surface area contributed by atoms with E-state index in [0.29, 0.717) is 19.6 Å². The van der Waals surface area contributed by atoms with E-state index in [2.05, 4.69) is 16.0 Å². The summed E-state index contributed by atoms with van der Waals surface area (Å²) in [6, 6.07) is 15.9. The number of aryl methyl sites for hydroxylation is 1. The van der Waals surface area contributed by atoms with Gasteiger partial charge >= 0.3 is 0 Å². The number of hydrogen-bond donors (Lipinski definition) is 1. The molecule has 0 atom stereocenters. The Kier molecular flexibility index (Phi) is 8.12. The molecule has 0 aliphatic rings. The number of aromatic nitrogens is 2. The Hall–Kier alpha value is -3.02. The van der Waals surface area contributed by atoms with Gasteiger partial charge in [-0.2, -0.15) is 0 Å². The first kappa shape index (κ1) is 21.7. The van der Waals surface area contributed by atoms with E-state index >= 15 is 0 Å². The van der Waals surface area contributed by atoms with Gasteiger partial charge < -0.3 is 19.4 Å². The number of rotatable bonds is 12. The number of carbonyl (C=O) groups excluding carboxylic acids is 1. The smallest absolute Gasteiger partial charge is 0.219 e. The lowest BCUT2D eigenvalue weighted by atomic mass is 10.2. The van der Waals surface area contributed by atoms with Crippen LogP contribution in [0.1, 0.15) is 38.4 Å². The fourth-order valence-electron chi connectivity index (χ4n) is 3.45. The molecule has 1 aromatic heterocycles. The molecular weight excluding hydrogens is 378 g/mol. The van der Waals surface area contributed by atoms with Crippen molar-refractivity contribution >= 4 is 16.9 Å². The first-order chi connectivity index (χ1) is 14.7. The molecule has 1 heterocycles. The SMILES string of the molecule is CCCC(=O)NCCc1nc2ccccc2n1CCCCOc1cccc(OC)c1. The predicted molar refractivity (Wildman–Crippen MR) is 119 cm³/mol. The second-order valence-electron chi connectivity index (χ2n) is 7.25. The number of nitrogens with one attached hydrogen (secondary N) is 1. The van der Waals surface area contributed by atoms with Crippen LogP contribution in [-0.4, -0.2) is 35.7 Å². The van der Waals surface area contributed by atoms with Crippen molar-refractivity contribution in [2.45, 2.75) is 45.6 Å². The van der Waals surface area contributed by atoms with Crippen molar-refractivity contribution < 1.29 is 14.3 Å². The van der Waals surface area contributed by atoms with Gasteiger partial charge in [-0.15, -0.1) is 0 Å². The minimum atomic E-state index is 0.106. The third-order valence-corrected chi connectivity index (χ3v) is 4.97. The van der Waals surface area contributed by atoms with Crippen LogP contribution in [0.2, 0.25) is 0 Å². The molecule has 0 saturated carbocycles. The van der Waals surface area contributed by atoms with Crippen molar-refractivity contribution in [3.63, 3.8) is 0 Å². The summed E-state index contributed by atoms with van der Waals surface area (Å²) in [5.41, 5.74) is 2.14.